The van der Waals surface area contributed by atoms with Crippen molar-refractivity contribution in [2.24, 2.45) is 11.8 Å². The number of carbonyl (C=O) groups is 1. The van der Waals surface area contributed by atoms with Crippen molar-refractivity contribution in [1.82, 2.24) is 0 Å². The van der Waals surface area contributed by atoms with Crippen molar-refractivity contribution in [3.8, 4) is 0 Å². The van der Waals surface area contributed by atoms with Crippen LogP contribution in [-0.2, 0) is 4.74 Å². The number of benzene rings is 1. The van der Waals surface area contributed by atoms with Gasteiger partial charge in [0.15, 0.2) is 5.78 Å². The minimum Gasteiger partial charge on any atom is -0.370 e. The fraction of sp³-hybridized carbons (Fsp3) is 0.562. The lowest BCUT2D eigenvalue weighted by Gasteiger charge is -2.31. The highest BCUT2D eigenvalue weighted by molar-refractivity contribution is 6.30. The molecule has 2 rings (SSSR count). The normalized spacial score (nSPS) is 27.2. The smallest absolute Gasteiger partial charge is 0.188 e. The zero-order chi connectivity index (χ0) is 13.8. The number of carbonyl (C=O) groups excluding carboxylic acids is 1. The van der Waals surface area contributed by atoms with Gasteiger partial charge in [0.2, 0.25) is 0 Å². The molecule has 2 nitrogen and oxygen atoms in total. The SMILES string of the molecule is CC1CCC(OCC(=O)c2ccc(Cl)cc2)CC1C. The lowest BCUT2D eigenvalue weighted by molar-refractivity contribution is 0.00708. The molecule has 1 saturated carbocycles. The molecular formula is C16H21ClO2. The van der Waals surface area contributed by atoms with Crippen LogP contribution in [0.25, 0.3) is 0 Å². The molecular weight excluding hydrogens is 260 g/mol. The largest absolute Gasteiger partial charge is 0.370 e. The summed E-state index contributed by atoms with van der Waals surface area (Å²) in [6, 6.07) is 6.97. The Morgan fingerprint density at radius 3 is 2.53 bits per heavy atom. The summed E-state index contributed by atoms with van der Waals surface area (Å²) in [4.78, 5) is 12.0. The highest BCUT2D eigenvalue weighted by atomic mass is 35.5. The molecule has 0 bridgehead atoms. The lowest BCUT2D eigenvalue weighted by atomic mass is 9.80. The summed E-state index contributed by atoms with van der Waals surface area (Å²) in [5.74, 6) is 1.49. The monoisotopic (exact) mass is 280 g/mol. The molecule has 0 radical (unpaired) electrons. The van der Waals surface area contributed by atoms with Crippen LogP contribution < -0.4 is 0 Å². The molecule has 3 heteroatoms. The number of halogens is 1. The van der Waals surface area contributed by atoms with E-state index in [4.69, 9.17) is 16.3 Å². The molecule has 0 saturated heterocycles. The van der Waals surface area contributed by atoms with E-state index in [-0.39, 0.29) is 18.5 Å². The van der Waals surface area contributed by atoms with Crippen molar-refractivity contribution in [3.63, 3.8) is 0 Å². The van der Waals surface area contributed by atoms with Crippen LogP contribution in [0.3, 0.4) is 0 Å². The van der Waals surface area contributed by atoms with E-state index in [2.05, 4.69) is 13.8 Å². The van der Waals surface area contributed by atoms with E-state index in [0.29, 0.717) is 16.5 Å². The molecule has 0 amide bonds. The van der Waals surface area contributed by atoms with Gasteiger partial charge in [-0.25, -0.2) is 0 Å². The summed E-state index contributed by atoms with van der Waals surface area (Å²) in [6.45, 7) is 4.73. The van der Waals surface area contributed by atoms with Crippen molar-refractivity contribution >= 4 is 17.4 Å². The van der Waals surface area contributed by atoms with Crippen LogP contribution in [0.2, 0.25) is 5.02 Å². The second-order valence-corrected chi connectivity index (χ2v) is 6.07. The first-order valence-corrected chi connectivity index (χ1v) is 7.34. The summed E-state index contributed by atoms with van der Waals surface area (Å²) in [5.41, 5.74) is 0.668. The van der Waals surface area contributed by atoms with Gasteiger partial charge in [0.1, 0.15) is 6.61 Å². The maximum atomic E-state index is 12.0. The second-order valence-electron chi connectivity index (χ2n) is 5.63. The first-order valence-electron chi connectivity index (χ1n) is 6.96. The number of hydrogen-bond donors (Lipinski definition) is 0. The number of ether oxygens (including phenoxy) is 1. The average Bonchev–Trinajstić information content (AvgIpc) is 2.40. The van der Waals surface area contributed by atoms with Gasteiger partial charge in [0, 0.05) is 10.6 Å². The maximum absolute atomic E-state index is 12.0. The van der Waals surface area contributed by atoms with Gasteiger partial charge in [0.05, 0.1) is 6.10 Å². The molecule has 1 aromatic rings. The number of ketones is 1. The molecule has 0 aromatic heterocycles. The third-order valence-corrected chi connectivity index (χ3v) is 4.42. The molecule has 0 N–H and O–H groups in total. The zero-order valence-corrected chi connectivity index (χ0v) is 12.3. The van der Waals surface area contributed by atoms with E-state index < -0.39 is 0 Å². The van der Waals surface area contributed by atoms with E-state index in [1.54, 1.807) is 24.3 Å². The van der Waals surface area contributed by atoms with Gasteiger partial charge < -0.3 is 4.74 Å². The average molecular weight is 281 g/mol. The summed E-state index contributed by atoms with van der Waals surface area (Å²) in [5, 5.41) is 0.646. The van der Waals surface area contributed by atoms with E-state index in [1.807, 2.05) is 0 Å². The maximum Gasteiger partial charge on any atom is 0.188 e. The molecule has 3 unspecified atom stereocenters. The Hall–Kier alpha value is -0.860. The molecule has 3 atom stereocenters. The van der Waals surface area contributed by atoms with E-state index in [0.717, 1.165) is 18.8 Å². The highest BCUT2D eigenvalue weighted by Crippen LogP contribution is 2.30. The Bertz CT molecular complexity index is 427. The molecule has 1 aliphatic carbocycles. The van der Waals surface area contributed by atoms with Crippen LogP contribution in [0.5, 0.6) is 0 Å². The number of rotatable bonds is 4. The quantitative estimate of drug-likeness (QED) is 0.766. The minimum atomic E-state index is 0.0305. The Morgan fingerprint density at radius 2 is 1.89 bits per heavy atom. The Balaban J connectivity index is 1.82. The fourth-order valence-electron chi connectivity index (χ4n) is 2.56. The summed E-state index contributed by atoms with van der Waals surface area (Å²) < 4.78 is 5.77. The molecule has 1 aliphatic rings. The van der Waals surface area contributed by atoms with Gasteiger partial charge in [-0.1, -0.05) is 25.4 Å². The van der Waals surface area contributed by atoms with Crippen molar-refractivity contribution in [2.75, 3.05) is 6.61 Å². The third-order valence-electron chi connectivity index (χ3n) is 4.17. The standard InChI is InChI=1S/C16H21ClO2/c1-11-3-8-15(9-12(11)2)19-10-16(18)13-4-6-14(17)7-5-13/h4-7,11-12,15H,3,8-10H2,1-2H3. The first-order chi connectivity index (χ1) is 9.06. The minimum absolute atomic E-state index is 0.0305. The summed E-state index contributed by atoms with van der Waals surface area (Å²) >= 11 is 5.80. The van der Waals surface area contributed by atoms with Crippen LogP contribution in [0.15, 0.2) is 24.3 Å². The molecule has 1 aromatic carbocycles. The Morgan fingerprint density at radius 1 is 1.21 bits per heavy atom. The van der Waals surface area contributed by atoms with Gasteiger partial charge >= 0.3 is 0 Å². The molecule has 0 heterocycles. The van der Waals surface area contributed by atoms with Crippen molar-refractivity contribution in [1.29, 1.82) is 0 Å². The van der Waals surface area contributed by atoms with Gasteiger partial charge in [-0.2, -0.15) is 0 Å². The van der Waals surface area contributed by atoms with Crippen LogP contribution in [-0.4, -0.2) is 18.5 Å². The Labute approximate surface area is 120 Å². The Kier molecular flexibility index (Phi) is 5.00. The van der Waals surface area contributed by atoms with Crippen molar-refractivity contribution in [2.45, 2.75) is 39.2 Å². The van der Waals surface area contributed by atoms with Gasteiger partial charge in [0.25, 0.3) is 0 Å². The molecule has 0 spiro atoms. The van der Waals surface area contributed by atoms with Crippen molar-refractivity contribution in [3.05, 3.63) is 34.9 Å². The first kappa shape index (κ1) is 14.5. The van der Waals surface area contributed by atoms with Crippen LogP contribution in [0, 0.1) is 11.8 Å². The van der Waals surface area contributed by atoms with Gasteiger partial charge in [-0.05, 0) is 55.4 Å². The predicted molar refractivity (Wildman–Crippen MR) is 77.7 cm³/mol. The molecule has 19 heavy (non-hydrogen) atoms. The molecule has 0 aliphatic heterocycles. The van der Waals surface area contributed by atoms with Crippen LogP contribution in [0.1, 0.15) is 43.5 Å². The third kappa shape index (κ3) is 4.05. The second kappa shape index (κ2) is 6.53. The van der Waals surface area contributed by atoms with E-state index >= 15 is 0 Å². The lowest BCUT2D eigenvalue weighted by Crippen LogP contribution is -2.28. The topological polar surface area (TPSA) is 26.3 Å². The summed E-state index contributed by atoms with van der Waals surface area (Å²) in [6.07, 6.45) is 3.57. The highest BCUT2D eigenvalue weighted by Gasteiger charge is 2.25. The van der Waals surface area contributed by atoms with E-state index in [9.17, 15) is 4.79 Å². The van der Waals surface area contributed by atoms with Crippen LogP contribution >= 0.6 is 11.6 Å². The number of Topliss-reactive ketones (excluding diaryl/α,β-unsaturated/α-hetero) is 1. The molecule has 104 valence electrons. The zero-order valence-electron chi connectivity index (χ0n) is 11.6. The van der Waals surface area contributed by atoms with Gasteiger partial charge in [-0.15, -0.1) is 0 Å². The fourth-order valence-corrected chi connectivity index (χ4v) is 2.69. The van der Waals surface area contributed by atoms with Gasteiger partial charge in [-0.3, -0.25) is 4.79 Å². The van der Waals surface area contributed by atoms with Crippen LogP contribution in [0.4, 0.5) is 0 Å². The molecule has 1 fully saturated rings. The van der Waals surface area contributed by atoms with Crippen molar-refractivity contribution < 1.29 is 9.53 Å². The summed E-state index contributed by atoms with van der Waals surface area (Å²) in [7, 11) is 0. The predicted octanol–water partition coefficient (Wildman–Crippen LogP) is 4.36. The van der Waals surface area contributed by atoms with E-state index in [1.165, 1.54) is 6.42 Å². The number of hydrogen-bond acceptors (Lipinski definition) is 2.